The molecule has 0 unspecified atom stereocenters. The van der Waals surface area contributed by atoms with Gasteiger partial charge in [-0.15, -0.1) is 0 Å². The van der Waals surface area contributed by atoms with Gasteiger partial charge in [0, 0.05) is 16.0 Å². The Morgan fingerprint density at radius 3 is 2.81 bits per heavy atom. The van der Waals surface area contributed by atoms with Gasteiger partial charge in [-0.2, -0.15) is 0 Å². The van der Waals surface area contributed by atoms with E-state index in [4.69, 9.17) is 11.6 Å². The van der Waals surface area contributed by atoms with Crippen LogP contribution in [0.1, 0.15) is 5.56 Å². The van der Waals surface area contributed by atoms with Gasteiger partial charge in [-0.25, -0.2) is 0 Å². The smallest absolute Gasteiger partial charge is 0.319 e. The van der Waals surface area contributed by atoms with Crippen molar-refractivity contribution in [2.45, 2.75) is 6.54 Å². The van der Waals surface area contributed by atoms with E-state index in [1.165, 1.54) is 7.11 Å². The Bertz CT molecular complexity index is 384. The second-order valence-corrected chi connectivity index (χ2v) is 4.81. The molecular formula is C11H13BrClNO2. The van der Waals surface area contributed by atoms with E-state index in [1.807, 2.05) is 30.1 Å². The van der Waals surface area contributed by atoms with Crippen molar-refractivity contribution in [3.8, 4) is 0 Å². The molecule has 0 amide bonds. The second kappa shape index (κ2) is 6.23. The lowest BCUT2D eigenvalue weighted by Gasteiger charge is -2.15. The fourth-order valence-electron chi connectivity index (χ4n) is 1.28. The Morgan fingerprint density at radius 1 is 1.56 bits per heavy atom. The number of esters is 1. The summed E-state index contributed by atoms with van der Waals surface area (Å²) in [5.74, 6) is -0.254. The molecular weight excluding hydrogens is 293 g/mol. The highest BCUT2D eigenvalue weighted by atomic mass is 79.9. The van der Waals surface area contributed by atoms with Gasteiger partial charge in [0.15, 0.2) is 0 Å². The van der Waals surface area contributed by atoms with Crippen molar-refractivity contribution < 1.29 is 9.53 Å². The van der Waals surface area contributed by atoms with E-state index in [9.17, 15) is 4.79 Å². The molecule has 0 N–H and O–H groups in total. The number of benzene rings is 1. The minimum absolute atomic E-state index is 0.253. The first-order valence-electron chi connectivity index (χ1n) is 4.72. The Hall–Kier alpha value is -0.580. The van der Waals surface area contributed by atoms with Gasteiger partial charge in [-0.1, -0.05) is 33.6 Å². The summed E-state index contributed by atoms with van der Waals surface area (Å²) in [5.41, 5.74) is 0.983. The van der Waals surface area contributed by atoms with Gasteiger partial charge in [0.25, 0.3) is 0 Å². The van der Waals surface area contributed by atoms with Crippen LogP contribution < -0.4 is 0 Å². The summed E-state index contributed by atoms with van der Waals surface area (Å²) >= 11 is 9.41. The molecule has 1 rings (SSSR count). The van der Waals surface area contributed by atoms with Crippen molar-refractivity contribution >= 4 is 33.5 Å². The van der Waals surface area contributed by atoms with E-state index in [-0.39, 0.29) is 12.5 Å². The lowest BCUT2D eigenvalue weighted by Crippen LogP contribution is -2.26. The van der Waals surface area contributed by atoms with Crippen LogP contribution in [0.2, 0.25) is 5.02 Å². The van der Waals surface area contributed by atoms with E-state index in [0.717, 1.165) is 10.0 Å². The van der Waals surface area contributed by atoms with Crippen molar-refractivity contribution in [2.24, 2.45) is 0 Å². The molecule has 0 fully saturated rings. The molecule has 0 radical (unpaired) electrons. The highest BCUT2D eigenvalue weighted by Crippen LogP contribution is 2.22. The molecule has 3 nitrogen and oxygen atoms in total. The van der Waals surface area contributed by atoms with Crippen molar-refractivity contribution in [1.29, 1.82) is 0 Å². The van der Waals surface area contributed by atoms with Gasteiger partial charge < -0.3 is 4.74 Å². The fourth-order valence-corrected chi connectivity index (χ4v) is 2.01. The highest BCUT2D eigenvalue weighted by molar-refractivity contribution is 9.10. The zero-order valence-corrected chi connectivity index (χ0v) is 11.5. The lowest BCUT2D eigenvalue weighted by atomic mass is 10.2. The second-order valence-electron chi connectivity index (χ2n) is 3.48. The van der Waals surface area contributed by atoms with E-state index >= 15 is 0 Å². The van der Waals surface area contributed by atoms with E-state index in [0.29, 0.717) is 11.6 Å². The number of hydrogen-bond donors (Lipinski definition) is 0. The number of nitrogens with zero attached hydrogens (tertiary/aromatic N) is 1. The van der Waals surface area contributed by atoms with E-state index in [1.54, 1.807) is 0 Å². The minimum atomic E-state index is -0.254. The molecule has 0 saturated heterocycles. The monoisotopic (exact) mass is 305 g/mol. The van der Waals surface area contributed by atoms with Crippen molar-refractivity contribution in [3.05, 3.63) is 33.3 Å². The van der Waals surface area contributed by atoms with Crippen LogP contribution in [0.4, 0.5) is 0 Å². The number of hydrogen-bond acceptors (Lipinski definition) is 3. The molecule has 0 aliphatic heterocycles. The van der Waals surface area contributed by atoms with E-state index < -0.39 is 0 Å². The normalized spacial score (nSPS) is 10.6. The lowest BCUT2D eigenvalue weighted by molar-refractivity contribution is -0.141. The number of carbonyl (C=O) groups excluding carboxylic acids is 1. The number of rotatable bonds is 4. The van der Waals surface area contributed by atoms with Crippen LogP contribution in [0.15, 0.2) is 22.7 Å². The number of ether oxygens (including phenoxy) is 1. The predicted molar refractivity (Wildman–Crippen MR) is 67.5 cm³/mol. The van der Waals surface area contributed by atoms with Gasteiger partial charge in [0.05, 0.1) is 13.7 Å². The van der Waals surface area contributed by atoms with Crippen molar-refractivity contribution in [3.63, 3.8) is 0 Å². The molecule has 0 aliphatic rings. The van der Waals surface area contributed by atoms with Crippen LogP contribution >= 0.6 is 27.5 Å². The largest absolute Gasteiger partial charge is 0.468 e. The first-order chi connectivity index (χ1) is 7.52. The van der Waals surface area contributed by atoms with Gasteiger partial charge in [0.1, 0.15) is 0 Å². The molecule has 0 aromatic heterocycles. The zero-order chi connectivity index (χ0) is 12.1. The standard InChI is InChI=1S/C11H13BrClNO2/c1-14(7-11(15)16-2)6-8-3-4-9(12)5-10(8)13/h3-5H,6-7H2,1-2H3. The first kappa shape index (κ1) is 13.5. The molecule has 16 heavy (non-hydrogen) atoms. The summed E-state index contributed by atoms with van der Waals surface area (Å²) in [6.07, 6.45) is 0. The Kier molecular flexibility index (Phi) is 5.25. The van der Waals surface area contributed by atoms with Crippen LogP contribution in [0.5, 0.6) is 0 Å². The van der Waals surface area contributed by atoms with Gasteiger partial charge in [-0.3, -0.25) is 9.69 Å². The summed E-state index contributed by atoms with van der Waals surface area (Å²) in [6.45, 7) is 0.865. The van der Waals surface area contributed by atoms with Crippen LogP contribution in [-0.2, 0) is 16.1 Å². The third kappa shape index (κ3) is 4.12. The highest BCUT2D eigenvalue weighted by Gasteiger charge is 2.09. The maximum absolute atomic E-state index is 11.0. The maximum atomic E-state index is 11.0. The third-order valence-corrected chi connectivity index (χ3v) is 2.93. The van der Waals surface area contributed by atoms with Gasteiger partial charge >= 0.3 is 5.97 Å². The molecule has 5 heteroatoms. The number of halogens is 2. The maximum Gasteiger partial charge on any atom is 0.319 e. The molecule has 1 aromatic rings. The summed E-state index contributed by atoms with van der Waals surface area (Å²) in [7, 11) is 3.22. The van der Waals surface area contributed by atoms with E-state index in [2.05, 4.69) is 20.7 Å². The molecule has 0 saturated carbocycles. The molecule has 1 aromatic carbocycles. The van der Waals surface area contributed by atoms with Crippen LogP contribution in [0.3, 0.4) is 0 Å². The molecule has 0 aliphatic carbocycles. The SMILES string of the molecule is COC(=O)CN(C)Cc1ccc(Br)cc1Cl. The predicted octanol–water partition coefficient (Wildman–Crippen LogP) is 2.71. The molecule has 88 valence electrons. The minimum Gasteiger partial charge on any atom is -0.468 e. The van der Waals surface area contributed by atoms with Gasteiger partial charge in [-0.05, 0) is 24.7 Å². The Morgan fingerprint density at radius 2 is 2.25 bits per heavy atom. The van der Waals surface area contributed by atoms with Gasteiger partial charge in [0.2, 0.25) is 0 Å². The van der Waals surface area contributed by atoms with Crippen molar-refractivity contribution in [1.82, 2.24) is 4.90 Å². The average Bonchev–Trinajstić information content (AvgIpc) is 2.22. The van der Waals surface area contributed by atoms with Crippen LogP contribution in [0, 0.1) is 0 Å². The summed E-state index contributed by atoms with van der Waals surface area (Å²) in [5, 5.41) is 0.686. The van der Waals surface area contributed by atoms with Crippen LogP contribution in [0.25, 0.3) is 0 Å². The third-order valence-electron chi connectivity index (χ3n) is 2.08. The molecule has 0 bridgehead atoms. The van der Waals surface area contributed by atoms with Crippen LogP contribution in [-0.4, -0.2) is 31.6 Å². The molecule has 0 heterocycles. The molecule has 0 atom stereocenters. The fraction of sp³-hybridized carbons (Fsp3) is 0.364. The number of methoxy groups -OCH3 is 1. The Labute approximate surface area is 108 Å². The molecule has 0 spiro atoms. The number of carbonyl (C=O) groups is 1. The van der Waals surface area contributed by atoms with Crippen molar-refractivity contribution in [2.75, 3.05) is 20.7 Å². The zero-order valence-electron chi connectivity index (χ0n) is 9.17. The summed E-state index contributed by atoms with van der Waals surface area (Å²) in [4.78, 5) is 12.9. The Balaban J connectivity index is 2.62. The number of likely N-dealkylation sites (N-methyl/N-ethyl adjacent to an activating group) is 1. The summed E-state index contributed by atoms with van der Waals surface area (Å²) < 4.78 is 5.53. The average molecular weight is 307 g/mol. The first-order valence-corrected chi connectivity index (χ1v) is 5.89. The topological polar surface area (TPSA) is 29.5 Å². The summed E-state index contributed by atoms with van der Waals surface area (Å²) in [6, 6.07) is 5.69. The quantitative estimate of drug-likeness (QED) is 0.801.